The quantitative estimate of drug-likeness (QED) is 0.588. The van der Waals surface area contributed by atoms with Gasteiger partial charge >= 0.3 is 5.97 Å². The predicted octanol–water partition coefficient (Wildman–Crippen LogP) is 1.92. The summed E-state index contributed by atoms with van der Waals surface area (Å²) in [7, 11) is -3.86. The molecule has 7 nitrogen and oxygen atoms in total. The van der Waals surface area contributed by atoms with Gasteiger partial charge in [-0.15, -0.1) is 0 Å². The van der Waals surface area contributed by atoms with Crippen LogP contribution in [-0.2, 0) is 24.3 Å². The summed E-state index contributed by atoms with van der Waals surface area (Å²) in [6.07, 6.45) is 1.43. The van der Waals surface area contributed by atoms with Gasteiger partial charge in [0.15, 0.2) is 6.61 Å². The van der Waals surface area contributed by atoms with E-state index in [1.165, 1.54) is 6.08 Å². The third-order valence-corrected chi connectivity index (χ3v) is 4.58. The van der Waals surface area contributed by atoms with Crippen LogP contribution < -0.4 is 10.0 Å². The van der Waals surface area contributed by atoms with Gasteiger partial charge in [0.05, 0.1) is 0 Å². The zero-order chi connectivity index (χ0) is 20.4. The molecule has 0 radical (unpaired) electrons. The van der Waals surface area contributed by atoms with Crippen molar-refractivity contribution in [2.45, 2.75) is 33.7 Å². The fourth-order valence-corrected chi connectivity index (χ4v) is 3.14. The summed E-state index contributed by atoms with van der Waals surface area (Å²) in [6, 6.07) is 7.84. The predicted molar refractivity (Wildman–Crippen MR) is 105 cm³/mol. The van der Waals surface area contributed by atoms with Crippen molar-refractivity contribution in [3.8, 4) is 0 Å². The monoisotopic (exact) mass is 396 g/mol. The van der Waals surface area contributed by atoms with Gasteiger partial charge in [-0.05, 0) is 23.5 Å². The Hall–Kier alpha value is -2.19. The molecule has 0 saturated carbocycles. The molecule has 1 aromatic carbocycles. The van der Waals surface area contributed by atoms with E-state index in [4.69, 9.17) is 4.74 Å². The van der Waals surface area contributed by atoms with E-state index in [-0.39, 0.29) is 11.8 Å². The van der Waals surface area contributed by atoms with Crippen LogP contribution in [0.15, 0.2) is 35.7 Å². The first-order valence-corrected chi connectivity index (χ1v) is 10.3. The Morgan fingerprint density at radius 2 is 1.74 bits per heavy atom. The summed E-state index contributed by atoms with van der Waals surface area (Å²) >= 11 is 0. The lowest BCUT2D eigenvalue weighted by molar-refractivity contribution is -0.151. The molecule has 0 heterocycles. The lowest BCUT2D eigenvalue weighted by atomic mass is 10.1. The van der Waals surface area contributed by atoms with E-state index >= 15 is 0 Å². The number of amides is 1. The number of sulfonamides is 1. The van der Waals surface area contributed by atoms with Gasteiger partial charge in [-0.3, -0.25) is 9.59 Å². The maximum Gasteiger partial charge on any atom is 0.324 e. The highest BCUT2D eigenvalue weighted by atomic mass is 32.2. The largest absolute Gasteiger partial charge is 0.454 e. The Morgan fingerprint density at radius 1 is 1.11 bits per heavy atom. The number of carbonyl (C=O) groups is 2. The maximum atomic E-state index is 12.3. The fourth-order valence-electron chi connectivity index (χ4n) is 2.00. The Labute approximate surface area is 161 Å². The maximum absolute atomic E-state index is 12.3. The molecule has 27 heavy (non-hydrogen) atoms. The van der Waals surface area contributed by atoms with E-state index in [1.54, 1.807) is 38.1 Å². The Morgan fingerprint density at radius 3 is 2.30 bits per heavy atom. The summed E-state index contributed by atoms with van der Waals surface area (Å²) in [5, 5.41) is 3.63. The average molecular weight is 397 g/mol. The number of esters is 1. The molecule has 1 unspecified atom stereocenters. The van der Waals surface area contributed by atoms with Gasteiger partial charge in [0.2, 0.25) is 10.0 Å². The van der Waals surface area contributed by atoms with Gasteiger partial charge in [0, 0.05) is 12.0 Å². The van der Waals surface area contributed by atoms with Crippen LogP contribution in [0.5, 0.6) is 0 Å². The van der Waals surface area contributed by atoms with Gasteiger partial charge < -0.3 is 10.1 Å². The molecule has 0 aliphatic heterocycles. The standard InChI is InChI=1S/C19H28N2O5S/c1-14(2)12-20-17(22)13-26-19(23)18(15(3)4)21-27(24,25)11-10-16-8-6-5-7-9-16/h5-11,14-15,18,21H,12-13H2,1-4H3,(H,20,22). The van der Waals surface area contributed by atoms with Crippen molar-refractivity contribution in [2.24, 2.45) is 11.8 Å². The summed E-state index contributed by atoms with van der Waals surface area (Å²) in [5.74, 6) is -1.29. The van der Waals surface area contributed by atoms with Crippen molar-refractivity contribution in [2.75, 3.05) is 13.2 Å². The minimum Gasteiger partial charge on any atom is -0.454 e. The Bertz CT molecular complexity index is 743. The molecule has 0 aliphatic carbocycles. The first kappa shape index (κ1) is 22.9. The number of carbonyl (C=O) groups excluding carboxylic acids is 2. The molecule has 0 aliphatic rings. The normalized spacial score (nSPS) is 13.1. The van der Waals surface area contributed by atoms with Crippen molar-refractivity contribution < 1.29 is 22.7 Å². The summed E-state index contributed by atoms with van der Waals surface area (Å²) in [5.41, 5.74) is 0.716. The van der Waals surface area contributed by atoms with Crippen LogP contribution in [-0.4, -0.2) is 39.5 Å². The topological polar surface area (TPSA) is 102 Å². The van der Waals surface area contributed by atoms with Gasteiger partial charge in [0.25, 0.3) is 5.91 Å². The van der Waals surface area contributed by atoms with Crippen LogP contribution in [0.1, 0.15) is 33.3 Å². The van der Waals surface area contributed by atoms with Crippen molar-refractivity contribution in [1.29, 1.82) is 0 Å². The summed E-state index contributed by atoms with van der Waals surface area (Å²) in [4.78, 5) is 23.9. The number of hydrogen-bond donors (Lipinski definition) is 2. The van der Waals surface area contributed by atoms with E-state index in [2.05, 4.69) is 10.0 Å². The molecule has 150 valence electrons. The highest BCUT2D eigenvalue weighted by molar-refractivity contribution is 7.92. The minimum absolute atomic E-state index is 0.274. The highest BCUT2D eigenvalue weighted by Crippen LogP contribution is 2.08. The molecular formula is C19H28N2O5S. The van der Waals surface area contributed by atoms with Crippen molar-refractivity contribution in [1.82, 2.24) is 10.0 Å². The molecule has 1 rings (SSSR count). The van der Waals surface area contributed by atoms with Gasteiger partial charge in [-0.25, -0.2) is 8.42 Å². The highest BCUT2D eigenvalue weighted by Gasteiger charge is 2.28. The van der Waals surface area contributed by atoms with Crippen molar-refractivity contribution in [3.05, 3.63) is 41.3 Å². The van der Waals surface area contributed by atoms with Crippen molar-refractivity contribution >= 4 is 28.0 Å². The Balaban J connectivity index is 2.67. The number of rotatable bonds is 10. The van der Waals surface area contributed by atoms with Gasteiger partial charge in [-0.1, -0.05) is 58.0 Å². The van der Waals surface area contributed by atoms with Crippen LogP contribution >= 0.6 is 0 Å². The first-order valence-electron chi connectivity index (χ1n) is 8.79. The first-order chi connectivity index (χ1) is 12.6. The van der Waals surface area contributed by atoms with Gasteiger partial charge in [0.1, 0.15) is 6.04 Å². The lowest BCUT2D eigenvalue weighted by Gasteiger charge is -2.19. The molecule has 0 aromatic heterocycles. The fraction of sp³-hybridized carbons (Fsp3) is 0.474. The average Bonchev–Trinajstić information content (AvgIpc) is 2.61. The molecule has 8 heteroatoms. The van der Waals surface area contributed by atoms with E-state index in [1.807, 2.05) is 19.9 Å². The van der Waals surface area contributed by atoms with E-state index in [0.29, 0.717) is 12.1 Å². The van der Waals surface area contributed by atoms with Crippen LogP contribution in [0.25, 0.3) is 6.08 Å². The molecule has 0 fully saturated rings. The smallest absolute Gasteiger partial charge is 0.324 e. The molecule has 0 saturated heterocycles. The molecule has 1 amide bonds. The molecule has 1 aromatic rings. The lowest BCUT2D eigenvalue weighted by Crippen LogP contribution is -2.45. The second-order valence-electron chi connectivity index (χ2n) is 6.90. The summed E-state index contributed by atoms with van der Waals surface area (Å²) in [6.45, 7) is 7.29. The zero-order valence-corrected chi connectivity index (χ0v) is 17.0. The van der Waals surface area contributed by atoms with E-state index in [9.17, 15) is 18.0 Å². The zero-order valence-electron chi connectivity index (χ0n) is 16.1. The number of hydrogen-bond acceptors (Lipinski definition) is 5. The van der Waals surface area contributed by atoms with Crippen LogP contribution in [0.2, 0.25) is 0 Å². The second-order valence-corrected chi connectivity index (χ2v) is 8.50. The molecule has 0 spiro atoms. The summed E-state index contributed by atoms with van der Waals surface area (Å²) < 4.78 is 31.8. The number of benzene rings is 1. The van der Waals surface area contributed by atoms with Crippen LogP contribution in [0.3, 0.4) is 0 Å². The third-order valence-electron chi connectivity index (χ3n) is 3.50. The SMILES string of the molecule is CC(C)CNC(=O)COC(=O)C(NS(=O)(=O)C=Cc1ccccc1)C(C)C. The Kier molecular flexibility index (Phi) is 9.17. The van der Waals surface area contributed by atoms with E-state index < -0.39 is 34.5 Å². The molecule has 0 bridgehead atoms. The number of ether oxygens (including phenoxy) is 1. The van der Waals surface area contributed by atoms with E-state index in [0.717, 1.165) is 5.41 Å². The van der Waals surface area contributed by atoms with Crippen LogP contribution in [0.4, 0.5) is 0 Å². The van der Waals surface area contributed by atoms with Gasteiger partial charge in [-0.2, -0.15) is 4.72 Å². The minimum atomic E-state index is -3.86. The number of nitrogens with one attached hydrogen (secondary N) is 2. The second kappa shape index (κ2) is 10.8. The van der Waals surface area contributed by atoms with Crippen LogP contribution in [0, 0.1) is 11.8 Å². The third kappa shape index (κ3) is 9.35. The molecule has 2 N–H and O–H groups in total. The molecular weight excluding hydrogens is 368 g/mol. The van der Waals surface area contributed by atoms with Crippen molar-refractivity contribution in [3.63, 3.8) is 0 Å². The molecule has 1 atom stereocenters.